The molecule has 172 valence electrons. The zero-order valence-electron chi connectivity index (χ0n) is 18.2. The summed E-state index contributed by atoms with van der Waals surface area (Å²) in [7, 11) is 0. The van der Waals surface area contributed by atoms with E-state index in [0.717, 1.165) is 34.1 Å². The lowest BCUT2D eigenvalue weighted by Crippen LogP contribution is -2.15. The Labute approximate surface area is 195 Å². The third kappa shape index (κ3) is 4.13. The van der Waals surface area contributed by atoms with Crippen molar-refractivity contribution >= 4 is 17.5 Å². The highest BCUT2D eigenvalue weighted by Crippen LogP contribution is 2.34. The third-order valence-corrected chi connectivity index (χ3v) is 5.42. The van der Waals surface area contributed by atoms with Gasteiger partial charge in [-0.1, -0.05) is 6.07 Å². The molecule has 4 heterocycles. The van der Waals surface area contributed by atoms with Gasteiger partial charge in [-0.15, -0.1) is 10.2 Å². The molecule has 2 aliphatic rings. The van der Waals surface area contributed by atoms with Gasteiger partial charge in [0.15, 0.2) is 28.8 Å². The molecule has 0 unspecified atom stereocenters. The lowest BCUT2D eigenvalue weighted by Gasteiger charge is -2.19. The quantitative estimate of drug-likeness (QED) is 0.397. The van der Waals surface area contributed by atoms with Crippen LogP contribution in [-0.2, 0) is 6.54 Å². The Bertz CT molecular complexity index is 1320. The van der Waals surface area contributed by atoms with Crippen LogP contribution in [0.3, 0.4) is 0 Å². The Morgan fingerprint density at radius 2 is 1.53 bits per heavy atom. The molecule has 0 amide bonds. The van der Waals surface area contributed by atoms with Gasteiger partial charge in [-0.05, 0) is 42.0 Å². The second-order valence-corrected chi connectivity index (χ2v) is 7.74. The first kappa shape index (κ1) is 20.2. The van der Waals surface area contributed by atoms with Crippen LogP contribution in [-0.4, -0.2) is 46.6 Å². The Balaban J connectivity index is 1.17. The SMILES string of the molecule is c1cnc(NCc2ccc3c(c2)OCCO3)c(-c2nnc(Nc3ccc4c(c3)OCCO4)[nH]2)c1. The highest BCUT2D eigenvalue weighted by molar-refractivity contribution is 5.71. The Hall–Kier alpha value is -4.47. The second-order valence-electron chi connectivity index (χ2n) is 7.74. The predicted octanol–water partition coefficient (Wildman–Crippen LogP) is 3.76. The van der Waals surface area contributed by atoms with Crippen molar-refractivity contribution in [2.75, 3.05) is 37.1 Å². The molecule has 0 fully saturated rings. The molecule has 0 spiro atoms. The zero-order chi connectivity index (χ0) is 22.7. The summed E-state index contributed by atoms with van der Waals surface area (Å²) in [6, 6.07) is 15.4. The number of hydrogen-bond donors (Lipinski definition) is 3. The van der Waals surface area contributed by atoms with Crippen molar-refractivity contribution < 1.29 is 18.9 Å². The molecular formula is C24H22N6O4. The number of aromatic nitrogens is 4. The Kier molecular flexibility index (Phi) is 5.23. The summed E-state index contributed by atoms with van der Waals surface area (Å²) >= 11 is 0. The van der Waals surface area contributed by atoms with Crippen molar-refractivity contribution in [1.82, 2.24) is 20.2 Å². The van der Waals surface area contributed by atoms with Crippen LogP contribution in [0.25, 0.3) is 11.4 Å². The highest BCUT2D eigenvalue weighted by Gasteiger charge is 2.15. The molecule has 2 aliphatic heterocycles. The number of ether oxygens (including phenoxy) is 4. The number of H-pyrrole nitrogens is 1. The summed E-state index contributed by atoms with van der Waals surface area (Å²) in [4.78, 5) is 7.71. The summed E-state index contributed by atoms with van der Waals surface area (Å²) in [6.45, 7) is 2.79. The molecule has 6 rings (SSSR count). The molecule has 0 radical (unpaired) electrons. The number of nitrogens with one attached hydrogen (secondary N) is 3. The molecule has 4 aromatic rings. The number of hydrogen-bond acceptors (Lipinski definition) is 9. The van der Waals surface area contributed by atoms with Crippen molar-refractivity contribution in [1.29, 1.82) is 0 Å². The zero-order valence-corrected chi connectivity index (χ0v) is 18.2. The van der Waals surface area contributed by atoms with E-state index in [1.54, 1.807) is 6.20 Å². The van der Waals surface area contributed by atoms with Gasteiger partial charge in [-0.2, -0.15) is 0 Å². The molecule has 0 atom stereocenters. The fraction of sp³-hybridized carbons (Fsp3) is 0.208. The van der Waals surface area contributed by atoms with E-state index in [1.807, 2.05) is 48.5 Å². The van der Waals surface area contributed by atoms with Crippen LogP contribution < -0.4 is 29.6 Å². The van der Waals surface area contributed by atoms with Gasteiger partial charge in [0.1, 0.15) is 32.2 Å². The van der Waals surface area contributed by atoms with E-state index in [0.29, 0.717) is 56.3 Å². The van der Waals surface area contributed by atoms with E-state index >= 15 is 0 Å². The van der Waals surface area contributed by atoms with E-state index in [9.17, 15) is 0 Å². The largest absolute Gasteiger partial charge is 0.486 e. The molecule has 0 saturated heterocycles. The number of pyridine rings is 1. The second kappa shape index (κ2) is 8.81. The van der Waals surface area contributed by atoms with E-state index in [1.165, 1.54) is 0 Å². The van der Waals surface area contributed by atoms with Gasteiger partial charge in [0.25, 0.3) is 0 Å². The van der Waals surface area contributed by atoms with E-state index in [-0.39, 0.29) is 0 Å². The topological polar surface area (TPSA) is 115 Å². The van der Waals surface area contributed by atoms with Crippen molar-refractivity contribution in [2.24, 2.45) is 0 Å². The van der Waals surface area contributed by atoms with Gasteiger partial charge < -0.3 is 34.6 Å². The summed E-state index contributed by atoms with van der Waals surface area (Å²) in [5.74, 6) is 4.77. The van der Waals surface area contributed by atoms with Gasteiger partial charge in [-0.25, -0.2) is 4.98 Å². The van der Waals surface area contributed by atoms with Crippen LogP contribution in [0.2, 0.25) is 0 Å². The molecule has 0 aliphatic carbocycles. The summed E-state index contributed by atoms with van der Waals surface area (Å²) in [6.07, 6.45) is 1.74. The fourth-order valence-corrected chi connectivity index (χ4v) is 3.82. The van der Waals surface area contributed by atoms with Crippen LogP contribution in [0.5, 0.6) is 23.0 Å². The number of anilines is 3. The Morgan fingerprint density at radius 3 is 2.35 bits per heavy atom. The highest BCUT2D eigenvalue weighted by atomic mass is 16.6. The van der Waals surface area contributed by atoms with Crippen LogP contribution in [0.15, 0.2) is 54.7 Å². The minimum atomic E-state index is 0.508. The van der Waals surface area contributed by atoms with Gasteiger partial charge in [0.05, 0.1) is 5.56 Å². The summed E-state index contributed by atoms with van der Waals surface area (Å²) in [5.41, 5.74) is 2.68. The van der Waals surface area contributed by atoms with Gasteiger partial charge >= 0.3 is 0 Å². The van der Waals surface area contributed by atoms with E-state index in [2.05, 4.69) is 30.8 Å². The minimum Gasteiger partial charge on any atom is -0.486 e. The molecule has 2 aromatic heterocycles. The monoisotopic (exact) mass is 458 g/mol. The van der Waals surface area contributed by atoms with Crippen LogP contribution in [0.1, 0.15) is 5.56 Å². The molecule has 3 N–H and O–H groups in total. The molecule has 10 nitrogen and oxygen atoms in total. The summed E-state index contributed by atoms with van der Waals surface area (Å²) < 4.78 is 22.5. The van der Waals surface area contributed by atoms with Gasteiger partial charge in [0.2, 0.25) is 5.95 Å². The standard InChI is InChI=1S/C24H22N6O4/c1-2-17(22(25-7-1)26-14-15-3-5-18-20(12-15)33-10-8-31-18)23-28-24(30-29-23)27-16-4-6-19-21(13-16)34-11-9-32-19/h1-7,12-13H,8-11,14H2,(H,25,26)(H2,27,28,29,30). The number of benzene rings is 2. The number of fused-ring (bicyclic) bond motifs is 2. The third-order valence-electron chi connectivity index (χ3n) is 5.42. The first-order chi connectivity index (χ1) is 16.8. The molecule has 10 heteroatoms. The molecule has 34 heavy (non-hydrogen) atoms. The average Bonchev–Trinajstić information content (AvgIpc) is 3.35. The van der Waals surface area contributed by atoms with E-state index < -0.39 is 0 Å². The minimum absolute atomic E-state index is 0.508. The maximum Gasteiger partial charge on any atom is 0.226 e. The van der Waals surface area contributed by atoms with Crippen LogP contribution >= 0.6 is 0 Å². The molecular weight excluding hydrogens is 436 g/mol. The summed E-state index contributed by atoms with van der Waals surface area (Å²) in [5, 5.41) is 15.1. The van der Waals surface area contributed by atoms with Crippen molar-refractivity contribution in [3.05, 3.63) is 60.3 Å². The molecule has 2 aromatic carbocycles. The van der Waals surface area contributed by atoms with Gasteiger partial charge in [-0.3, -0.25) is 0 Å². The normalized spacial score (nSPS) is 13.9. The first-order valence-electron chi connectivity index (χ1n) is 11.0. The molecule has 0 bridgehead atoms. The van der Waals surface area contributed by atoms with Crippen molar-refractivity contribution in [2.45, 2.75) is 6.54 Å². The number of nitrogens with zero attached hydrogens (tertiary/aromatic N) is 3. The lowest BCUT2D eigenvalue weighted by molar-refractivity contribution is 0.171. The fourth-order valence-electron chi connectivity index (χ4n) is 3.82. The predicted molar refractivity (Wildman–Crippen MR) is 125 cm³/mol. The molecule has 0 saturated carbocycles. The van der Waals surface area contributed by atoms with Gasteiger partial charge in [0, 0.05) is 24.5 Å². The number of aromatic amines is 1. The van der Waals surface area contributed by atoms with Crippen LogP contribution in [0.4, 0.5) is 17.5 Å². The van der Waals surface area contributed by atoms with Crippen molar-refractivity contribution in [3.8, 4) is 34.4 Å². The number of rotatable bonds is 6. The average molecular weight is 458 g/mol. The Morgan fingerprint density at radius 1 is 0.794 bits per heavy atom. The van der Waals surface area contributed by atoms with E-state index in [4.69, 9.17) is 18.9 Å². The first-order valence-corrected chi connectivity index (χ1v) is 11.0. The lowest BCUT2D eigenvalue weighted by atomic mass is 10.2. The van der Waals surface area contributed by atoms with Crippen molar-refractivity contribution in [3.63, 3.8) is 0 Å². The maximum atomic E-state index is 5.68. The van der Waals surface area contributed by atoms with Crippen LogP contribution in [0, 0.1) is 0 Å². The maximum absolute atomic E-state index is 5.68. The smallest absolute Gasteiger partial charge is 0.226 e.